The predicted octanol–water partition coefficient (Wildman–Crippen LogP) is 2.71. The van der Waals surface area contributed by atoms with Crippen molar-refractivity contribution in [3.63, 3.8) is 0 Å². The molecule has 6 rings (SSSR count). The minimum absolute atomic E-state index is 0.0772. The van der Waals surface area contributed by atoms with Crippen LogP contribution >= 0.6 is 0 Å². The largest absolute Gasteiger partial charge is 0.444 e. The van der Waals surface area contributed by atoms with Crippen LogP contribution in [-0.2, 0) is 0 Å². The van der Waals surface area contributed by atoms with E-state index >= 15 is 0 Å². The van der Waals surface area contributed by atoms with E-state index in [9.17, 15) is 9.59 Å². The lowest BCUT2D eigenvalue weighted by molar-refractivity contribution is -0.361. The van der Waals surface area contributed by atoms with E-state index in [0.29, 0.717) is 46.3 Å². The molecule has 0 amide bonds. The van der Waals surface area contributed by atoms with Gasteiger partial charge in [-0.05, 0) is 43.9 Å². The standard InChI is InChI=1S/C29H29N3O3/c1-17-9-10-21-23(14-17)35-24-15-22(30-11-13-32-12-5-6-18(2)16-32)25-26(27(24)31-21)29(34)20-8-4-3-7-19(20)28(25)33/h3-4,7-10,14-15,18,26,30H,5-6,11-13,16H2,1-2H3/p+1/t18-,26?/m0/s1. The van der Waals surface area contributed by atoms with Gasteiger partial charge in [-0.25, -0.2) is 4.99 Å². The summed E-state index contributed by atoms with van der Waals surface area (Å²) < 4.78 is 6.29. The van der Waals surface area contributed by atoms with Crippen LogP contribution in [0, 0.1) is 18.8 Å². The van der Waals surface area contributed by atoms with Crippen molar-refractivity contribution >= 4 is 23.0 Å². The number of ketones is 2. The number of hydrogen-bond acceptors (Lipinski definition) is 5. The van der Waals surface area contributed by atoms with Crippen LogP contribution in [-0.4, -0.2) is 48.4 Å². The molecule has 2 aromatic rings. The summed E-state index contributed by atoms with van der Waals surface area (Å²) in [6, 6.07) is 13.1. The first-order chi connectivity index (χ1) is 17.0. The van der Waals surface area contributed by atoms with E-state index in [1.807, 2.05) is 43.3 Å². The van der Waals surface area contributed by atoms with E-state index in [2.05, 4.69) is 22.1 Å². The van der Waals surface area contributed by atoms with Gasteiger partial charge >= 0.3 is 0 Å². The lowest BCUT2D eigenvalue weighted by atomic mass is 9.72. The Labute approximate surface area is 205 Å². The molecule has 2 atom stereocenters. The number of carbonyl (C=O) groups excluding carboxylic acids is 2. The zero-order valence-electron chi connectivity index (χ0n) is 20.2. The third-order valence-corrected chi connectivity index (χ3v) is 7.46. The number of carbonyl (C=O) groups is 2. The molecule has 0 spiro atoms. The van der Waals surface area contributed by atoms with Gasteiger partial charge in [-0.15, -0.1) is 0 Å². The summed E-state index contributed by atoms with van der Waals surface area (Å²) in [6.45, 7) is 8.12. The molecule has 1 unspecified atom stereocenters. The number of hydrogen-bond donors (Lipinski definition) is 2. The average molecular weight is 469 g/mol. The maximum absolute atomic E-state index is 13.8. The SMILES string of the molecule is Cc1ccc2c(c1)OC1=CC(NCCN3CCC[C@H](C)C3)=C3C(=O)c4ccccc4C(=O)C3C1=[NH+]2. The predicted molar refractivity (Wildman–Crippen MR) is 134 cm³/mol. The highest BCUT2D eigenvalue weighted by molar-refractivity contribution is 6.32. The highest BCUT2D eigenvalue weighted by atomic mass is 16.5. The number of nitrogens with zero attached hydrogens (tertiary/aromatic N) is 1. The summed E-state index contributed by atoms with van der Waals surface area (Å²) in [7, 11) is 0. The highest BCUT2D eigenvalue weighted by Gasteiger charge is 2.49. The molecule has 0 bridgehead atoms. The molecule has 1 fully saturated rings. The zero-order chi connectivity index (χ0) is 24.1. The Hall–Kier alpha value is -3.51. The Bertz CT molecular complexity index is 1340. The van der Waals surface area contributed by atoms with Crippen LogP contribution < -0.4 is 15.0 Å². The molecule has 0 saturated carbocycles. The van der Waals surface area contributed by atoms with Gasteiger partial charge < -0.3 is 15.0 Å². The quantitative estimate of drug-likeness (QED) is 0.722. The van der Waals surface area contributed by atoms with E-state index < -0.39 is 5.92 Å². The lowest BCUT2D eigenvalue weighted by Gasteiger charge is -2.33. The van der Waals surface area contributed by atoms with Gasteiger partial charge in [0, 0.05) is 54.2 Å². The van der Waals surface area contributed by atoms with E-state index in [4.69, 9.17) is 4.74 Å². The smallest absolute Gasteiger partial charge is 0.246 e. The fourth-order valence-electron chi connectivity index (χ4n) is 5.72. The third kappa shape index (κ3) is 3.82. The maximum Gasteiger partial charge on any atom is 0.246 e. The number of likely N-dealkylation sites (tertiary alicyclic amines) is 1. The number of Topliss-reactive ketones (excluding diaryl/α,β-unsaturated/α-hetero) is 2. The zero-order valence-corrected chi connectivity index (χ0v) is 20.2. The molecule has 1 saturated heterocycles. The van der Waals surface area contributed by atoms with Gasteiger partial charge in [-0.1, -0.05) is 37.3 Å². The number of fused-ring (bicyclic) bond motifs is 5. The van der Waals surface area contributed by atoms with Gasteiger partial charge in [0.05, 0.1) is 0 Å². The fourth-order valence-corrected chi connectivity index (χ4v) is 5.72. The summed E-state index contributed by atoms with van der Waals surface area (Å²) in [5.74, 6) is 1.13. The van der Waals surface area contributed by atoms with Gasteiger partial charge in [0.15, 0.2) is 23.1 Å². The molecule has 6 heteroatoms. The van der Waals surface area contributed by atoms with Crippen molar-refractivity contribution in [2.24, 2.45) is 11.8 Å². The minimum atomic E-state index is -0.718. The number of rotatable bonds is 4. The second-order valence-corrected chi connectivity index (χ2v) is 10.1. The molecular formula is C29H30N3O3+. The van der Waals surface area contributed by atoms with Crippen LogP contribution in [0.1, 0.15) is 46.0 Å². The van der Waals surface area contributed by atoms with Crippen LogP contribution in [0.25, 0.3) is 0 Å². The van der Waals surface area contributed by atoms with Crippen molar-refractivity contribution in [2.45, 2.75) is 26.7 Å². The first-order valence-electron chi connectivity index (χ1n) is 12.5. The average Bonchev–Trinajstić information content (AvgIpc) is 2.85. The van der Waals surface area contributed by atoms with Crippen LogP contribution in [0.15, 0.2) is 65.6 Å². The molecule has 2 aliphatic heterocycles. The van der Waals surface area contributed by atoms with Crippen molar-refractivity contribution in [3.8, 4) is 5.75 Å². The summed E-state index contributed by atoms with van der Waals surface area (Å²) >= 11 is 0. The monoisotopic (exact) mass is 468 g/mol. The highest BCUT2D eigenvalue weighted by Crippen LogP contribution is 2.38. The topological polar surface area (TPSA) is 72.6 Å². The van der Waals surface area contributed by atoms with Crippen molar-refractivity contribution in [1.29, 1.82) is 0 Å². The van der Waals surface area contributed by atoms with Gasteiger partial charge in [0.25, 0.3) is 0 Å². The number of nitrogens with one attached hydrogen (secondary N) is 2. The molecule has 2 aliphatic carbocycles. The van der Waals surface area contributed by atoms with E-state index in [0.717, 1.165) is 36.6 Å². The number of benzene rings is 2. The number of aryl methyl sites for hydroxylation is 1. The summed E-state index contributed by atoms with van der Waals surface area (Å²) in [5.41, 5.74) is 4.66. The Morgan fingerprint density at radius 1 is 1.14 bits per heavy atom. The lowest BCUT2D eigenvalue weighted by Crippen LogP contribution is -2.72. The molecule has 6 nitrogen and oxygen atoms in total. The van der Waals surface area contributed by atoms with Gasteiger partial charge in [-0.3, -0.25) is 9.59 Å². The summed E-state index contributed by atoms with van der Waals surface area (Å²) in [6.07, 6.45) is 4.39. The third-order valence-electron chi connectivity index (χ3n) is 7.46. The molecule has 4 aliphatic rings. The molecule has 0 radical (unpaired) electrons. The van der Waals surface area contributed by atoms with Gasteiger partial charge in [0.2, 0.25) is 11.4 Å². The van der Waals surface area contributed by atoms with Crippen LogP contribution in [0.2, 0.25) is 0 Å². The second-order valence-electron chi connectivity index (χ2n) is 10.1. The molecule has 178 valence electrons. The molecule has 2 aromatic carbocycles. The second kappa shape index (κ2) is 8.61. The number of ether oxygens (including phenoxy) is 1. The fraction of sp³-hybridized carbons (Fsp3) is 0.345. The van der Waals surface area contributed by atoms with E-state index in [-0.39, 0.29) is 11.6 Å². The summed E-state index contributed by atoms with van der Waals surface area (Å²) in [4.78, 5) is 33.4. The van der Waals surface area contributed by atoms with Crippen molar-refractivity contribution in [1.82, 2.24) is 10.2 Å². The Balaban J connectivity index is 1.39. The minimum Gasteiger partial charge on any atom is -0.444 e. The maximum atomic E-state index is 13.8. The molecular weight excluding hydrogens is 438 g/mol. The van der Waals surface area contributed by atoms with Gasteiger partial charge in [0.1, 0.15) is 5.92 Å². The van der Waals surface area contributed by atoms with E-state index in [1.165, 1.54) is 12.8 Å². The normalized spacial score (nSPS) is 23.4. The molecule has 35 heavy (non-hydrogen) atoms. The van der Waals surface area contributed by atoms with Crippen LogP contribution in [0.3, 0.4) is 0 Å². The molecule has 2 heterocycles. The molecule has 0 aromatic heterocycles. The number of piperidine rings is 1. The Morgan fingerprint density at radius 3 is 2.80 bits per heavy atom. The molecule has 2 N–H and O–H groups in total. The Kier molecular flexibility index (Phi) is 5.41. The van der Waals surface area contributed by atoms with Gasteiger partial charge in [-0.2, -0.15) is 0 Å². The Morgan fingerprint density at radius 2 is 1.97 bits per heavy atom. The number of allylic oxidation sites excluding steroid dienone is 3. The van der Waals surface area contributed by atoms with Crippen molar-refractivity contribution in [3.05, 3.63) is 82.3 Å². The summed E-state index contributed by atoms with van der Waals surface area (Å²) in [5, 5.41) is 3.50. The van der Waals surface area contributed by atoms with E-state index in [1.54, 1.807) is 12.1 Å². The first-order valence-corrected chi connectivity index (χ1v) is 12.5. The van der Waals surface area contributed by atoms with Crippen LogP contribution in [0.4, 0.5) is 5.69 Å². The van der Waals surface area contributed by atoms with Crippen LogP contribution in [0.5, 0.6) is 5.75 Å². The van der Waals surface area contributed by atoms with Crippen molar-refractivity contribution in [2.75, 3.05) is 26.2 Å². The van der Waals surface area contributed by atoms with Crippen molar-refractivity contribution < 1.29 is 19.3 Å². The first kappa shape index (κ1) is 22.0.